The van der Waals surface area contributed by atoms with Crippen LogP contribution in [0.15, 0.2) is 54.6 Å². The van der Waals surface area contributed by atoms with Crippen molar-refractivity contribution >= 4 is 9.24 Å². The molecule has 2 aromatic carbocycles. The van der Waals surface area contributed by atoms with Gasteiger partial charge in [0.05, 0.1) is 0 Å². The minimum absolute atomic E-state index is 0. The minimum atomic E-state index is 0. The Morgan fingerprint density at radius 1 is 0.680 bits per heavy atom. The van der Waals surface area contributed by atoms with Crippen LogP contribution in [0.3, 0.4) is 0 Å². The van der Waals surface area contributed by atoms with Crippen LogP contribution in [0.4, 0.5) is 0 Å². The topological polar surface area (TPSA) is 0 Å². The molecule has 2 fully saturated rings. The second kappa shape index (κ2) is 10.7. The molecule has 2 aromatic rings. The van der Waals surface area contributed by atoms with E-state index in [4.69, 9.17) is 0 Å². The third-order valence-electron chi connectivity index (χ3n) is 6.28. The summed E-state index contributed by atoms with van der Waals surface area (Å²) < 4.78 is 0. The summed E-state index contributed by atoms with van der Waals surface area (Å²) in [6, 6.07) is 19.2. The van der Waals surface area contributed by atoms with Gasteiger partial charge in [0.15, 0.2) is 0 Å². The quantitative estimate of drug-likeness (QED) is 0.297. The third-order valence-corrected chi connectivity index (χ3v) is 7.56. The summed E-state index contributed by atoms with van der Waals surface area (Å²) in [7, 11) is 3.36. The Morgan fingerprint density at radius 3 is 1.40 bits per heavy atom. The van der Waals surface area contributed by atoms with E-state index in [0.717, 1.165) is 11.8 Å². The Kier molecular flexibility index (Phi) is 8.98. The summed E-state index contributed by atoms with van der Waals surface area (Å²) in [5.74, 6) is 1.80. The van der Waals surface area contributed by atoms with Gasteiger partial charge >= 0.3 is 0 Å². The monoisotopic (exact) mass is 396 g/mol. The molecule has 0 N–H and O–H groups in total. The van der Waals surface area contributed by atoms with Crippen LogP contribution < -0.4 is 0 Å². The van der Waals surface area contributed by atoms with Crippen LogP contribution in [-0.2, 0) is 22.2 Å². The van der Waals surface area contributed by atoms with Gasteiger partial charge in [-0.2, -0.15) is 12.1 Å². The molecule has 2 saturated carbocycles. The van der Waals surface area contributed by atoms with E-state index in [2.05, 4.69) is 33.5 Å². The third kappa shape index (κ3) is 5.32. The predicted octanol–water partition coefficient (Wildman–Crippen LogP) is 7.04. The molecule has 0 heterocycles. The van der Waals surface area contributed by atoms with E-state index < -0.39 is 0 Å². The molecule has 0 nitrogen and oxygen atoms in total. The molecule has 0 amide bonds. The maximum absolute atomic E-state index is 3.36. The van der Waals surface area contributed by atoms with Crippen LogP contribution in [0.1, 0.15) is 69.8 Å². The van der Waals surface area contributed by atoms with E-state index in [1.807, 2.05) is 30.3 Å². The normalized spacial score (nSPS) is 19.6. The zero-order valence-corrected chi connectivity index (χ0v) is 17.6. The fourth-order valence-electron chi connectivity index (χ4n) is 4.95. The largest absolute Gasteiger partial charge is 0.748 e. The zero-order chi connectivity index (χ0) is 16.7. The standard InChI is InChI=1S/C18H28P.C5H5.Fe/c19-18(17-13-7-8-14-17,15-9-3-1-4-10-15)16-11-5-2-6-12-16;1-2-4-5-3-1;/h7-8,13-16H,1-6,9-12,19H2;1-5H;/q-1;-5;. The van der Waals surface area contributed by atoms with Gasteiger partial charge in [-0.3, -0.25) is 0 Å². The maximum Gasteiger partial charge on any atom is 0 e. The molecule has 25 heavy (non-hydrogen) atoms. The van der Waals surface area contributed by atoms with E-state index in [1.54, 1.807) is 5.56 Å². The summed E-state index contributed by atoms with van der Waals surface area (Å²) in [6.45, 7) is 0. The smallest absolute Gasteiger partial charge is 0 e. The van der Waals surface area contributed by atoms with Gasteiger partial charge in [-0.25, -0.2) is 12.1 Å². The molecular formula is C23H33FeP-6. The number of rotatable bonds is 3. The second-order valence-electron chi connectivity index (χ2n) is 7.74. The number of hydrogen-bond donors (Lipinski definition) is 0. The zero-order valence-electron chi connectivity index (χ0n) is 15.4. The Balaban J connectivity index is 0.000000325. The van der Waals surface area contributed by atoms with E-state index in [0.29, 0.717) is 5.16 Å². The van der Waals surface area contributed by atoms with Crippen LogP contribution in [-0.4, -0.2) is 0 Å². The van der Waals surface area contributed by atoms with Crippen LogP contribution in [0.25, 0.3) is 0 Å². The molecule has 0 radical (unpaired) electrons. The van der Waals surface area contributed by atoms with Gasteiger partial charge < -0.3 is 30.3 Å². The summed E-state index contributed by atoms with van der Waals surface area (Å²) in [4.78, 5) is 0. The molecule has 0 saturated heterocycles. The van der Waals surface area contributed by atoms with Crippen molar-refractivity contribution in [3.63, 3.8) is 0 Å². The molecule has 0 aromatic heterocycles. The van der Waals surface area contributed by atoms with Gasteiger partial charge in [0.2, 0.25) is 0 Å². The van der Waals surface area contributed by atoms with Crippen molar-refractivity contribution in [3.8, 4) is 0 Å². The molecule has 1 unspecified atom stereocenters. The molecule has 2 aliphatic rings. The summed E-state index contributed by atoms with van der Waals surface area (Å²) in [5.41, 5.74) is 1.61. The van der Waals surface area contributed by atoms with Crippen molar-refractivity contribution in [3.05, 3.63) is 60.2 Å². The Labute approximate surface area is 167 Å². The predicted molar refractivity (Wildman–Crippen MR) is 109 cm³/mol. The van der Waals surface area contributed by atoms with Gasteiger partial charge in [-0.05, 0) is 17.0 Å². The maximum atomic E-state index is 3.36. The van der Waals surface area contributed by atoms with Gasteiger partial charge in [0.1, 0.15) is 0 Å². The first-order chi connectivity index (χ1) is 11.8. The summed E-state index contributed by atoms with van der Waals surface area (Å²) in [6.07, 6.45) is 14.5. The average Bonchev–Trinajstić information content (AvgIpc) is 3.38. The van der Waals surface area contributed by atoms with Crippen molar-refractivity contribution in [2.24, 2.45) is 11.8 Å². The first-order valence-corrected chi connectivity index (χ1v) is 10.6. The molecule has 0 spiro atoms. The molecule has 2 aliphatic carbocycles. The first kappa shape index (κ1) is 21.0. The molecule has 0 aliphatic heterocycles. The SMILES string of the molecule is PC([c-]1cccc1)(C1CCCCC1)C1CCCCC1.[Fe].[cH-]1[cH-][cH-][cH-][cH-]1. The van der Waals surface area contributed by atoms with E-state index in [-0.39, 0.29) is 17.1 Å². The van der Waals surface area contributed by atoms with Gasteiger partial charge in [0, 0.05) is 17.1 Å². The minimum Gasteiger partial charge on any atom is -0.748 e. The Morgan fingerprint density at radius 2 is 1.04 bits per heavy atom. The van der Waals surface area contributed by atoms with E-state index >= 15 is 0 Å². The summed E-state index contributed by atoms with van der Waals surface area (Å²) in [5, 5.41) is 0.379. The van der Waals surface area contributed by atoms with Crippen molar-refractivity contribution in [1.29, 1.82) is 0 Å². The molecule has 1 atom stereocenters. The molecular weight excluding hydrogens is 363 g/mol. The Hall–Kier alpha value is -0.351. The Bertz CT molecular complexity index is 495. The first-order valence-electron chi connectivity index (χ1n) is 9.99. The molecule has 144 valence electrons. The van der Waals surface area contributed by atoms with Crippen LogP contribution in [0.2, 0.25) is 0 Å². The van der Waals surface area contributed by atoms with Crippen LogP contribution in [0.5, 0.6) is 0 Å². The van der Waals surface area contributed by atoms with Crippen molar-refractivity contribution in [2.75, 3.05) is 0 Å². The molecule has 4 rings (SSSR count). The van der Waals surface area contributed by atoms with Crippen molar-refractivity contribution < 1.29 is 17.1 Å². The second-order valence-corrected chi connectivity index (χ2v) is 8.69. The fraction of sp³-hybridized carbons (Fsp3) is 0.565. The van der Waals surface area contributed by atoms with Gasteiger partial charge in [0.25, 0.3) is 0 Å². The van der Waals surface area contributed by atoms with E-state index in [9.17, 15) is 0 Å². The van der Waals surface area contributed by atoms with E-state index in [1.165, 1.54) is 64.2 Å². The average molecular weight is 396 g/mol. The van der Waals surface area contributed by atoms with Crippen LogP contribution >= 0.6 is 9.24 Å². The molecule has 2 heteroatoms. The van der Waals surface area contributed by atoms with Crippen LogP contribution in [0, 0.1) is 11.8 Å². The van der Waals surface area contributed by atoms with Gasteiger partial charge in [-0.15, -0.1) is 14.8 Å². The van der Waals surface area contributed by atoms with Crippen molar-refractivity contribution in [2.45, 2.75) is 69.4 Å². The summed E-state index contributed by atoms with van der Waals surface area (Å²) >= 11 is 0. The number of hydrogen-bond acceptors (Lipinski definition) is 0. The van der Waals surface area contributed by atoms with Crippen molar-refractivity contribution in [1.82, 2.24) is 0 Å². The van der Waals surface area contributed by atoms with Gasteiger partial charge in [-0.1, -0.05) is 64.2 Å². The fourth-order valence-corrected chi connectivity index (χ4v) is 5.81. The molecule has 0 bridgehead atoms.